The molecule has 3 N–H and O–H groups in total. The number of aryl methyl sites for hydroxylation is 1. The summed E-state index contributed by atoms with van der Waals surface area (Å²) in [4.78, 5) is 38.0. The van der Waals surface area contributed by atoms with Crippen molar-refractivity contribution in [1.82, 2.24) is 14.7 Å². The molecule has 1 aliphatic carbocycles. The lowest BCUT2D eigenvalue weighted by Crippen LogP contribution is -2.41. The molecule has 0 unspecified atom stereocenters. The van der Waals surface area contributed by atoms with Gasteiger partial charge in [-0.15, -0.1) is 0 Å². The molecule has 1 aromatic heterocycles. The van der Waals surface area contributed by atoms with Crippen LogP contribution in [0.2, 0.25) is 0 Å². The number of nitrogens with zero attached hydrogens (tertiary/aromatic N) is 3. The minimum Gasteiger partial charge on any atom is -0.480 e. The number of aliphatic hydroxyl groups is 1. The highest BCUT2D eigenvalue weighted by Crippen LogP contribution is 2.44. The fourth-order valence-electron chi connectivity index (χ4n) is 4.89. The Morgan fingerprint density at radius 2 is 1.71 bits per heavy atom. The van der Waals surface area contributed by atoms with Gasteiger partial charge >= 0.3 is 12.1 Å². The van der Waals surface area contributed by atoms with Crippen LogP contribution in [0.1, 0.15) is 34.0 Å². The van der Waals surface area contributed by atoms with E-state index in [1.807, 2.05) is 36.4 Å². The third-order valence-electron chi connectivity index (χ3n) is 6.50. The average Bonchev–Trinajstić information content (AvgIpc) is 3.50. The number of aliphatic hydroxyl groups excluding tert-OH is 1. The van der Waals surface area contributed by atoms with Gasteiger partial charge in [-0.25, -0.2) is 9.59 Å². The zero-order chi connectivity index (χ0) is 24.7. The molecule has 0 saturated carbocycles. The molecule has 0 radical (unpaired) electrons. The molecule has 2 amide bonds. The lowest BCUT2D eigenvalue weighted by Gasteiger charge is -2.20. The van der Waals surface area contributed by atoms with E-state index in [1.54, 1.807) is 0 Å². The maximum Gasteiger partial charge on any atom is 0.412 e. The van der Waals surface area contributed by atoms with Crippen LogP contribution in [0, 0.1) is 0 Å². The number of amides is 2. The molecule has 1 saturated heterocycles. The van der Waals surface area contributed by atoms with Gasteiger partial charge in [0, 0.05) is 32.0 Å². The van der Waals surface area contributed by atoms with Gasteiger partial charge in [-0.2, -0.15) is 5.10 Å². The van der Waals surface area contributed by atoms with Crippen molar-refractivity contribution in [1.29, 1.82) is 0 Å². The molecule has 5 rings (SSSR count). The number of benzene rings is 2. The zero-order valence-electron chi connectivity index (χ0n) is 18.9. The van der Waals surface area contributed by atoms with Gasteiger partial charge in [-0.3, -0.25) is 14.8 Å². The summed E-state index contributed by atoms with van der Waals surface area (Å²) in [7, 11) is 1.51. The third kappa shape index (κ3) is 4.12. The topological polar surface area (TPSA) is 134 Å². The normalized spacial score (nSPS) is 18.7. The molecule has 2 aliphatic rings. The highest BCUT2D eigenvalue weighted by atomic mass is 16.5. The second-order valence-electron chi connectivity index (χ2n) is 8.69. The number of β-amino-alcohol motifs (C(OH)–C–C–N with tert-alkyl or cyclic N) is 1. The number of carbonyl (C=O) groups excluding carboxylic acids is 2. The fourth-order valence-corrected chi connectivity index (χ4v) is 4.89. The number of anilines is 1. The minimum atomic E-state index is -1.19. The standard InChI is InChI=1S/C25H24N4O6/c1-28-20(23(31)29-12-14(30)10-21(29)24(32)33)11-22(27-28)26-25(34)35-13-19-17-8-4-2-6-15(17)16-7-3-5-9-18(16)19/h2-9,11,14,19,21,30H,10,12-13H2,1H3,(H,32,33)(H,26,27,34)/t14-,21+/m1/s1. The minimum absolute atomic E-state index is 0.0379. The Labute approximate surface area is 200 Å². The summed E-state index contributed by atoms with van der Waals surface area (Å²) in [5.74, 6) is -1.78. The Kier molecular flexibility index (Phi) is 5.73. The van der Waals surface area contributed by atoms with E-state index in [0.29, 0.717) is 0 Å². The Bertz CT molecular complexity index is 1270. The predicted octanol–water partition coefficient (Wildman–Crippen LogP) is 2.44. The van der Waals surface area contributed by atoms with Crippen molar-refractivity contribution in [2.75, 3.05) is 18.5 Å². The quantitative estimate of drug-likeness (QED) is 0.515. The third-order valence-corrected chi connectivity index (χ3v) is 6.50. The summed E-state index contributed by atoms with van der Waals surface area (Å²) in [5.41, 5.74) is 4.51. The van der Waals surface area contributed by atoms with Gasteiger partial charge in [-0.1, -0.05) is 48.5 Å². The summed E-state index contributed by atoms with van der Waals surface area (Å²) in [6.45, 7) is 0.0422. The van der Waals surface area contributed by atoms with Crippen LogP contribution in [-0.2, 0) is 16.6 Å². The number of hydrogen-bond acceptors (Lipinski definition) is 6. The van der Waals surface area contributed by atoms with Gasteiger partial charge in [0.1, 0.15) is 18.3 Å². The number of carboxylic acids is 1. The van der Waals surface area contributed by atoms with E-state index < -0.39 is 30.1 Å². The van der Waals surface area contributed by atoms with Crippen LogP contribution in [0.3, 0.4) is 0 Å². The zero-order valence-corrected chi connectivity index (χ0v) is 18.9. The molecule has 3 aromatic rings. The summed E-state index contributed by atoms with van der Waals surface area (Å²) in [5, 5.41) is 25.9. The van der Waals surface area contributed by atoms with Crippen LogP contribution in [0.4, 0.5) is 10.6 Å². The van der Waals surface area contributed by atoms with E-state index in [4.69, 9.17) is 4.74 Å². The van der Waals surface area contributed by atoms with E-state index in [9.17, 15) is 24.6 Å². The smallest absolute Gasteiger partial charge is 0.412 e. The molecule has 1 aliphatic heterocycles. The number of ether oxygens (including phenoxy) is 1. The first-order valence-electron chi connectivity index (χ1n) is 11.2. The number of carboxylic acid groups (broad SMARTS) is 1. The van der Waals surface area contributed by atoms with Gasteiger partial charge in [0.2, 0.25) is 0 Å². The number of likely N-dealkylation sites (tertiary alicyclic amines) is 1. The van der Waals surface area contributed by atoms with Crippen molar-refractivity contribution in [2.45, 2.75) is 24.5 Å². The number of nitrogens with one attached hydrogen (secondary N) is 1. The first-order chi connectivity index (χ1) is 16.8. The number of aromatic nitrogens is 2. The molecule has 35 heavy (non-hydrogen) atoms. The van der Waals surface area contributed by atoms with Crippen LogP contribution >= 0.6 is 0 Å². The van der Waals surface area contributed by atoms with Gasteiger partial charge in [0.25, 0.3) is 5.91 Å². The van der Waals surface area contributed by atoms with Crippen LogP contribution in [0.15, 0.2) is 54.6 Å². The maximum atomic E-state index is 12.9. The lowest BCUT2D eigenvalue weighted by molar-refractivity contribution is -0.141. The molecule has 10 nitrogen and oxygen atoms in total. The van der Waals surface area contributed by atoms with Crippen molar-refractivity contribution in [3.63, 3.8) is 0 Å². The molecule has 1 fully saturated rings. The summed E-state index contributed by atoms with van der Waals surface area (Å²) in [6.07, 6.45) is -1.67. The van der Waals surface area contributed by atoms with E-state index in [-0.39, 0.29) is 37.0 Å². The second kappa shape index (κ2) is 8.88. The van der Waals surface area contributed by atoms with Crippen molar-refractivity contribution in [3.05, 3.63) is 71.4 Å². The van der Waals surface area contributed by atoms with E-state index in [1.165, 1.54) is 17.8 Å². The number of fused-ring (bicyclic) bond motifs is 3. The van der Waals surface area contributed by atoms with E-state index in [2.05, 4.69) is 22.5 Å². The largest absolute Gasteiger partial charge is 0.480 e. The number of hydrogen-bond donors (Lipinski definition) is 3. The molecule has 0 spiro atoms. The highest BCUT2D eigenvalue weighted by Gasteiger charge is 2.40. The lowest BCUT2D eigenvalue weighted by atomic mass is 9.98. The summed E-state index contributed by atoms with van der Waals surface area (Å²) in [6, 6.07) is 16.3. The predicted molar refractivity (Wildman–Crippen MR) is 125 cm³/mol. The van der Waals surface area contributed by atoms with Gasteiger partial charge in [-0.05, 0) is 22.3 Å². The second-order valence-corrected chi connectivity index (χ2v) is 8.69. The molecule has 0 bridgehead atoms. The SMILES string of the molecule is Cn1nc(NC(=O)OCC2c3ccccc3-c3ccccc32)cc1C(=O)N1C[C@H](O)C[C@H]1C(=O)O. The molecule has 10 heteroatoms. The molecule has 2 aromatic carbocycles. The van der Waals surface area contributed by atoms with Gasteiger partial charge in [0.15, 0.2) is 5.82 Å². The monoisotopic (exact) mass is 476 g/mol. The molecular formula is C25H24N4O6. The Hall–Kier alpha value is -4.18. The number of carbonyl (C=O) groups is 3. The Morgan fingerprint density at radius 3 is 2.34 bits per heavy atom. The van der Waals surface area contributed by atoms with Crippen molar-refractivity contribution in [3.8, 4) is 11.1 Å². The van der Waals surface area contributed by atoms with Crippen LogP contribution in [0.5, 0.6) is 0 Å². The molecule has 2 atom stereocenters. The first-order valence-corrected chi connectivity index (χ1v) is 11.2. The van der Waals surface area contributed by atoms with Crippen molar-refractivity contribution < 1.29 is 29.3 Å². The van der Waals surface area contributed by atoms with Crippen molar-refractivity contribution in [2.24, 2.45) is 7.05 Å². The van der Waals surface area contributed by atoms with E-state index in [0.717, 1.165) is 27.2 Å². The summed E-state index contributed by atoms with van der Waals surface area (Å²) < 4.78 is 6.77. The molecular weight excluding hydrogens is 452 g/mol. The Morgan fingerprint density at radius 1 is 1.09 bits per heavy atom. The van der Waals surface area contributed by atoms with Gasteiger partial charge < -0.3 is 19.8 Å². The highest BCUT2D eigenvalue weighted by molar-refractivity contribution is 5.97. The number of rotatable bonds is 5. The van der Waals surface area contributed by atoms with Crippen LogP contribution in [0.25, 0.3) is 11.1 Å². The van der Waals surface area contributed by atoms with Gasteiger partial charge in [0.05, 0.1) is 6.10 Å². The Balaban J connectivity index is 1.26. The number of aliphatic carboxylic acids is 1. The van der Waals surface area contributed by atoms with Crippen LogP contribution < -0.4 is 5.32 Å². The maximum absolute atomic E-state index is 12.9. The van der Waals surface area contributed by atoms with Crippen molar-refractivity contribution >= 4 is 23.8 Å². The van der Waals surface area contributed by atoms with E-state index >= 15 is 0 Å². The first kappa shape index (κ1) is 22.6. The summed E-state index contributed by atoms with van der Waals surface area (Å²) >= 11 is 0. The average molecular weight is 476 g/mol. The fraction of sp³-hybridized carbons (Fsp3) is 0.280. The van der Waals surface area contributed by atoms with Crippen LogP contribution in [-0.4, -0.2) is 68.2 Å². The molecule has 2 heterocycles. The molecule has 180 valence electrons.